The van der Waals surface area contributed by atoms with Gasteiger partial charge in [-0.25, -0.2) is 77.8 Å². The second-order valence-electron chi connectivity index (χ2n) is 20.5. The number of benzene rings is 7. The third-order valence-corrected chi connectivity index (χ3v) is 20.2. The van der Waals surface area contributed by atoms with Crippen molar-refractivity contribution < 1.29 is 57.9 Å². The molecule has 0 saturated carbocycles. The number of alkyl halides is 3. The highest BCUT2D eigenvalue weighted by Crippen LogP contribution is 2.41. The molecule has 29 heteroatoms. The molecule has 1 unspecified atom stereocenters. The van der Waals surface area contributed by atoms with Crippen molar-refractivity contribution in [3.05, 3.63) is 188 Å². The van der Waals surface area contributed by atoms with Crippen molar-refractivity contribution in [2.45, 2.75) is 37.3 Å². The van der Waals surface area contributed by atoms with Crippen LogP contribution in [0.2, 0.25) is 0 Å². The number of allylic oxidation sites excluding steroid dienone is 4. The Hall–Kier alpha value is -8.09. The summed E-state index contributed by atoms with van der Waals surface area (Å²) in [7, 11) is 0. The van der Waals surface area contributed by atoms with E-state index in [1.807, 2.05) is 12.1 Å². The molecule has 12 nitrogen and oxygen atoms in total. The quantitative estimate of drug-likeness (QED) is 0.0942. The number of anilines is 4. The average Bonchev–Trinajstić information content (AvgIpc) is 2.02. The van der Waals surface area contributed by atoms with E-state index in [9.17, 15) is 57.9 Å². The highest BCUT2D eigenvalue weighted by Gasteiger charge is 2.36. The van der Waals surface area contributed by atoms with Crippen LogP contribution in [0.4, 0.5) is 80.6 Å². The van der Waals surface area contributed by atoms with Crippen molar-refractivity contribution in [3.8, 4) is 31.7 Å². The fraction of sp³-hybridized carbons (Fsp3) is 0.161. The lowest BCUT2D eigenvalue weighted by Gasteiger charge is -2.16. The molecule has 3 aliphatic rings. The van der Waals surface area contributed by atoms with E-state index in [2.05, 4.69) is 62.4 Å². The first-order chi connectivity index (χ1) is 43.5. The van der Waals surface area contributed by atoms with Crippen LogP contribution in [0.25, 0.3) is 72.6 Å². The number of aromatic nitrogens is 4. The molecule has 2 saturated heterocycles. The lowest BCUT2D eigenvalue weighted by molar-refractivity contribution is 0.217. The summed E-state index contributed by atoms with van der Waals surface area (Å²) in [6.07, 6.45) is -0.993. The number of urea groups is 2. The van der Waals surface area contributed by atoms with Crippen LogP contribution < -0.4 is 22.1 Å². The van der Waals surface area contributed by atoms with E-state index >= 15 is 0 Å². The minimum atomic E-state index is -1.67. The number of rotatable bonds is 6. The average molecular weight is 1460 g/mol. The van der Waals surface area contributed by atoms with Gasteiger partial charge in [-0.05, 0) is 172 Å². The van der Waals surface area contributed by atoms with Gasteiger partial charge in [0.05, 0.1) is 75.1 Å². The number of likely N-dealkylation sites (tertiary alicyclic amines) is 2. The number of carbonyl (C=O) groups is 2. The molecule has 4 amide bonds. The minimum Gasteiger partial charge on any atom is -0.399 e. The highest BCUT2D eigenvalue weighted by atomic mass is 79.9. The van der Waals surface area contributed by atoms with Crippen molar-refractivity contribution in [1.82, 2.24) is 29.7 Å². The van der Waals surface area contributed by atoms with Crippen molar-refractivity contribution in [2.75, 3.05) is 48.3 Å². The van der Waals surface area contributed by atoms with Crippen LogP contribution in [-0.4, -0.2) is 86.5 Å². The van der Waals surface area contributed by atoms with Gasteiger partial charge in [0.15, 0.2) is 58.9 Å². The van der Waals surface area contributed by atoms with Gasteiger partial charge in [0, 0.05) is 46.2 Å². The fourth-order valence-corrected chi connectivity index (χ4v) is 14.6. The molecule has 14 rings (SSSR count). The molecule has 468 valence electrons. The molecule has 4 atom stereocenters. The Bertz CT molecular complexity index is 4670. The number of nitrogen functional groups attached to an aromatic ring is 2. The summed E-state index contributed by atoms with van der Waals surface area (Å²) < 4.78 is 150. The van der Waals surface area contributed by atoms with Crippen LogP contribution in [0.15, 0.2) is 148 Å². The monoisotopic (exact) mass is 1450 g/mol. The van der Waals surface area contributed by atoms with Gasteiger partial charge < -0.3 is 31.9 Å². The second-order valence-corrected chi connectivity index (χ2v) is 26.3. The first kappa shape index (κ1) is 64.4. The molecule has 4 aromatic heterocycles. The van der Waals surface area contributed by atoms with E-state index in [1.165, 1.54) is 80.6 Å². The van der Waals surface area contributed by atoms with Gasteiger partial charge in [-0.3, -0.25) is 0 Å². The number of nitrogens with two attached hydrogens (primary N) is 2. The maximum Gasteiger partial charge on any atom is 0.322 e. The standard InChI is InChI=1S/C18H13BrF3N3OS.C18H13F4N3OS.C13H7BrF2N2S.C13H10F2N2S/c19-15-13(23-18(26)25-6-5-10(20)8-25)3-4-14-16(15)24-17(27-14)9-1-2-11(21)12(22)7-9;19-11-3-1-9(5-12(11)20)17-24-15-6-10(2-4-16(15)27-17)23-18(26)25-7-13(21)14(22)8-25;14-11-9(17)3-4-10-12(11)18-13(19-10)6-1-2-7(15)8(16)5-6;14-9-3-1-7(5-10(9)15)13-17-11-6-8(16)2-4-12(11)18-13/h1-4,7,10H,5-6,8H2,(H,23,26);1-6,13-14H,7-8H2,(H,23,26);1-5H,17H2;2-7H,1,16H2/t10-;13-,14+;;/m0.../s1. The van der Waals surface area contributed by atoms with Crippen LogP contribution in [0.1, 0.15) is 23.8 Å². The number of nitrogens with zero attached hydrogens (tertiary/aromatic N) is 6. The van der Waals surface area contributed by atoms with Crippen molar-refractivity contribution >= 4 is 153 Å². The van der Waals surface area contributed by atoms with E-state index in [1.54, 1.807) is 48.5 Å². The van der Waals surface area contributed by atoms with Crippen LogP contribution in [0.3, 0.4) is 0 Å². The Morgan fingerprint density at radius 1 is 0.516 bits per heavy atom. The minimum absolute atomic E-state index is 0.0860. The van der Waals surface area contributed by atoms with Crippen molar-refractivity contribution in [3.63, 3.8) is 0 Å². The summed E-state index contributed by atoms with van der Waals surface area (Å²) in [6.45, 7) is -0.106. The Balaban J connectivity index is 0.000000127. The summed E-state index contributed by atoms with van der Waals surface area (Å²) in [4.78, 5) is 44.6. The third kappa shape index (κ3) is 14.7. The van der Waals surface area contributed by atoms with Crippen LogP contribution in [0.5, 0.6) is 0 Å². The molecule has 11 aromatic rings. The number of amides is 4. The molecule has 7 aromatic carbocycles. The van der Waals surface area contributed by atoms with Gasteiger partial charge in [0.25, 0.3) is 0 Å². The fourth-order valence-electron chi connectivity index (χ4n) is 9.43. The van der Waals surface area contributed by atoms with Crippen LogP contribution in [0, 0.1) is 34.9 Å². The first-order valence-electron chi connectivity index (χ1n) is 27.2. The van der Waals surface area contributed by atoms with Gasteiger partial charge in [0.2, 0.25) is 0 Å². The lowest BCUT2D eigenvalue weighted by atomic mass is 10.0. The van der Waals surface area contributed by atoms with Crippen LogP contribution >= 0.6 is 77.2 Å². The van der Waals surface area contributed by atoms with Gasteiger partial charge in [0.1, 0.15) is 26.2 Å². The third-order valence-electron chi connectivity index (χ3n) is 14.2. The Labute approximate surface area is 542 Å². The Morgan fingerprint density at radius 2 is 1.03 bits per heavy atom. The number of halogens is 13. The number of nitrogens with one attached hydrogen (secondary N) is 2. The maximum atomic E-state index is 13.5. The Morgan fingerprint density at radius 3 is 1.60 bits per heavy atom. The zero-order valence-electron chi connectivity index (χ0n) is 46.4. The van der Waals surface area contributed by atoms with Gasteiger partial charge in [-0.1, -0.05) is 0 Å². The molecule has 91 heavy (non-hydrogen) atoms. The first-order valence-corrected chi connectivity index (χ1v) is 32.0. The number of carbonyl (C=O) groups excluding carboxylic acids is 2. The maximum absolute atomic E-state index is 13.5. The van der Waals surface area contributed by atoms with Crippen molar-refractivity contribution in [2.24, 2.45) is 0 Å². The summed E-state index contributed by atoms with van der Waals surface area (Å²) in [5, 5.41) is 7.80. The molecule has 2 fully saturated rings. The second kappa shape index (κ2) is 27.4. The van der Waals surface area contributed by atoms with E-state index in [-0.39, 0.29) is 31.6 Å². The SMILES string of the molecule is Nc1ccc2sc(-c3ccc(F)c(F)c3)nc2c1Br.Nc1ccc2sc(C3C=C(F)C(F)=CC3)nc2c1.O=C(Nc1ccc2sc(-c3ccc(F)c(F)c3)nc2c1)N1C[C@@H](F)[C@@H](F)C1.O=C(Nc1ccc2sc(-c3ccc(F)c(F)c3)nc2c1Br)N1CC[C@H](F)C1. The topological polar surface area (TPSA) is 168 Å². The molecule has 6 heterocycles. The molecular formula is C62H43Br2F11N10O2S4. The van der Waals surface area contributed by atoms with Gasteiger partial charge in [-0.15, -0.1) is 45.3 Å². The van der Waals surface area contributed by atoms with Crippen LogP contribution in [-0.2, 0) is 0 Å². The van der Waals surface area contributed by atoms with E-state index in [0.717, 1.165) is 80.6 Å². The van der Waals surface area contributed by atoms with Crippen molar-refractivity contribution in [1.29, 1.82) is 0 Å². The summed E-state index contributed by atoms with van der Waals surface area (Å²) in [6, 6.07) is 27.6. The summed E-state index contributed by atoms with van der Waals surface area (Å²) in [5.74, 6) is -7.25. The molecule has 0 spiro atoms. The normalized spacial score (nSPS) is 17.1. The number of thiazole rings is 4. The summed E-state index contributed by atoms with van der Waals surface area (Å²) >= 11 is 12.3. The van der Waals surface area contributed by atoms with E-state index in [4.69, 9.17) is 11.5 Å². The molecule has 0 bridgehead atoms. The number of hydrogen-bond acceptors (Lipinski definition) is 12. The largest absolute Gasteiger partial charge is 0.399 e. The Kier molecular flexibility index (Phi) is 19.4. The number of fused-ring (bicyclic) bond motifs is 4. The summed E-state index contributed by atoms with van der Waals surface area (Å²) in [5.41, 5.74) is 17.8. The van der Waals surface area contributed by atoms with E-state index in [0.29, 0.717) is 89.4 Å². The zero-order chi connectivity index (χ0) is 64.5. The molecule has 2 aliphatic heterocycles. The predicted octanol–water partition coefficient (Wildman–Crippen LogP) is 19.0. The lowest BCUT2D eigenvalue weighted by Crippen LogP contribution is -2.33. The zero-order valence-corrected chi connectivity index (χ0v) is 52.8. The smallest absolute Gasteiger partial charge is 0.322 e. The van der Waals surface area contributed by atoms with Gasteiger partial charge in [-0.2, -0.15) is 0 Å². The molecule has 1 aliphatic carbocycles. The molecule has 0 radical (unpaired) electrons. The van der Waals surface area contributed by atoms with Gasteiger partial charge >= 0.3 is 12.1 Å². The molecule has 6 N–H and O–H groups in total. The predicted molar refractivity (Wildman–Crippen MR) is 345 cm³/mol. The number of hydrogen-bond donors (Lipinski definition) is 4. The van der Waals surface area contributed by atoms with E-state index < -0.39 is 71.1 Å². The highest BCUT2D eigenvalue weighted by molar-refractivity contribution is 9.11. The molecular weight excluding hydrogens is 1410 g/mol.